The molecular formula is C27H28Cl2N2O3. The van der Waals surface area contributed by atoms with Gasteiger partial charge in [0.1, 0.15) is 11.4 Å². The van der Waals surface area contributed by atoms with Crippen molar-refractivity contribution in [1.82, 2.24) is 9.88 Å². The van der Waals surface area contributed by atoms with Crippen LogP contribution in [0.1, 0.15) is 40.6 Å². The van der Waals surface area contributed by atoms with E-state index in [0.717, 1.165) is 31.3 Å². The van der Waals surface area contributed by atoms with E-state index in [4.69, 9.17) is 16.3 Å². The molecule has 0 saturated carbocycles. The van der Waals surface area contributed by atoms with Crippen molar-refractivity contribution in [2.45, 2.75) is 25.0 Å². The molecule has 6 rings (SSSR count). The molecule has 3 aliphatic rings. The topological polar surface area (TPSA) is 62.7 Å². The van der Waals surface area contributed by atoms with Gasteiger partial charge in [0.2, 0.25) is 5.78 Å². The highest BCUT2D eigenvalue weighted by atomic mass is 35.5. The summed E-state index contributed by atoms with van der Waals surface area (Å²) in [5.41, 5.74) is 2.19. The number of benzene rings is 2. The highest BCUT2D eigenvalue weighted by Gasteiger charge is 2.42. The Kier molecular flexibility index (Phi) is 7.29. The fourth-order valence-corrected chi connectivity index (χ4v) is 5.51. The number of piperidine rings is 3. The number of aliphatic hydroxyl groups is 1. The highest BCUT2D eigenvalue weighted by molar-refractivity contribution is 6.30. The van der Waals surface area contributed by atoms with Crippen molar-refractivity contribution >= 4 is 40.7 Å². The minimum atomic E-state index is -0.743. The van der Waals surface area contributed by atoms with Crippen LogP contribution in [0.3, 0.4) is 0 Å². The van der Waals surface area contributed by atoms with Crippen LogP contribution in [0.25, 0.3) is 10.9 Å². The molecule has 4 heterocycles. The molecule has 0 aliphatic carbocycles. The van der Waals surface area contributed by atoms with Crippen LogP contribution in [-0.2, 0) is 0 Å². The number of nitrogens with zero attached hydrogens (tertiary/aromatic N) is 2. The number of fused-ring (bicyclic) bond motifs is 4. The number of methoxy groups -OCH3 is 1. The summed E-state index contributed by atoms with van der Waals surface area (Å²) in [7, 11) is 1.62. The summed E-state index contributed by atoms with van der Waals surface area (Å²) in [5.74, 6) is 1.49. The number of rotatable bonds is 6. The Balaban J connectivity index is 0.00000274. The Morgan fingerprint density at radius 1 is 1.26 bits per heavy atom. The summed E-state index contributed by atoms with van der Waals surface area (Å²) < 4.78 is 5.43. The number of aromatic nitrogens is 1. The zero-order valence-corrected chi connectivity index (χ0v) is 20.6. The van der Waals surface area contributed by atoms with E-state index < -0.39 is 6.10 Å². The van der Waals surface area contributed by atoms with E-state index in [0.29, 0.717) is 44.9 Å². The van der Waals surface area contributed by atoms with Crippen LogP contribution < -0.4 is 4.74 Å². The first-order valence-corrected chi connectivity index (χ1v) is 11.7. The Morgan fingerprint density at radius 3 is 2.68 bits per heavy atom. The maximum absolute atomic E-state index is 13.3. The minimum absolute atomic E-state index is 0. The number of aliphatic hydroxyl groups excluding tert-OH is 1. The Hall–Kier alpha value is -2.44. The van der Waals surface area contributed by atoms with Crippen LogP contribution in [-0.4, -0.2) is 47.0 Å². The van der Waals surface area contributed by atoms with Crippen LogP contribution in [0.2, 0.25) is 5.02 Å². The van der Waals surface area contributed by atoms with Crippen molar-refractivity contribution in [3.8, 4) is 5.75 Å². The van der Waals surface area contributed by atoms with Crippen LogP contribution in [0.15, 0.2) is 61.2 Å². The molecule has 1 unspecified atom stereocenters. The zero-order valence-electron chi connectivity index (χ0n) is 19.0. The van der Waals surface area contributed by atoms with Crippen LogP contribution in [0, 0.1) is 11.8 Å². The molecule has 2 bridgehead atoms. The summed E-state index contributed by atoms with van der Waals surface area (Å²) >= 11 is 5.99. The van der Waals surface area contributed by atoms with Gasteiger partial charge < -0.3 is 9.84 Å². The van der Waals surface area contributed by atoms with Gasteiger partial charge in [0.25, 0.3) is 0 Å². The van der Waals surface area contributed by atoms with Gasteiger partial charge in [-0.1, -0.05) is 17.7 Å². The maximum atomic E-state index is 13.3. The summed E-state index contributed by atoms with van der Waals surface area (Å²) in [6, 6.07) is 14.1. The highest BCUT2D eigenvalue weighted by Crippen LogP contribution is 2.42. The largest absolute Gasteiger partial charge is 0.497 e. The van der Waals surface area contributed by atoms with Gasteiger partial charge in [0.05, 0.1) is 18.7 Å². The van der Waals surface area contributed by atoms with Crippen molar-refractivity contribution in [1.29, 1.82) is 0 Å². The molecule has 1 aromatic heterocycles. The molecular weight excluding hydrogens is 471 g/mol. The molecule has 3 saturated heterocycles. The molecule has 3 aromatic rings. The first-order chi connectivity index (χ1) is 16.0. The zero-order chi connectivity index (χ0) is 23.1. The standard InChI is InChI=1S/C27H27ClN2O3.ClH/c1-3-16-15-30-11-10-18(16)12-25(30)27(32)22-14-24(26(31)17-4-6-19(28)7-5-17)29-23-9-8-20(33-2)13-21(22)23;/h3-9,13-14,16,18,25,27,32H,1,10-12,15H2,2H3;1H/t16-,18-,25+,27-;/m0./s1. The van der Waals surface area contributed by atoms with E-state index in [2.05, 4.69) is 22.5 Å². The fraction of sp³-hybridized carbons (Fsp3) is 0.333. The number of ether oxygens (including phenoxy) is 1. The van der Waals surface area contributed by atoms with Gasteiger partial charge >= 0.3 is 0 Å². The molecule has 5 atom stereocenters. The third-order valence-corrected chi connectivity index (χ3v) is 7.48. The van der Waals surface area contributed by atoms with Crippen molar-refractivity contribution < 1.29 is 14.6 Å². The predicted molar refractivity (Wildman–Crippen MR) is 137 cm³/mol. The SMILES string of the molecule is C=C[C@H]1CN2CC[C@H]1C[C@@H]2[C@@H](O)c1cc(C(=O)c2ccc(Cl)cc2)nc2ccc(OC)cc12.Cl. The van der Waals surface area contributed by atoms with Gasteiger partial charge in [-0.15, -0.1) is 19.0 Å². The van der Waals surface area contributed by atoms with E-state index in [-0.39, 0.29) is 24.2 Å². The van der Waals surface area contributed by atoms with E-state index in [1.165, 1.54) is 0 Å². The van der Waals surface area contributed by atoms with Crippen molar-refractivity contribution in [3.05, 3.63) is 83.0 Å². The number of pyridine rings is 1. The number of carbonyl (C=O) groups excluding carboxylic acids is 1. The average molecular weight is 499 g/mol. The van der Waals surface area contributed by atoms with Gasteiger partial charge in [-0.2, -0.15) is 0 Å². The molecule has 3 aliphatic heterocycles. The molecule has 0 amide bonds. The van der Waals surface area contributed by atoms with Crippen LogP contribution in [0.5, 0.6) is 5.75 Å². The van der Waals surface area contributed by atoms with E-state index in [1.54, 1.807) is 37.4 Å². The van der Waals surface area contributed by atoms with Crippen LogP contribution >= 0.6 is 24.0 Å². The summed E-state index contributed by atoms with van der Waals surface area (Å²) in [5, 5.41) is 13.0. The van der Waals surface area contributed by atoms with Gasteiger partial charge in [-0.05, 0) is 85.3 Å². The second-order valence-electron chi connectivity index (χ2n) is 9.01. The van der Waals surface area contributed by atoms with Crippen molar-refractivity contribution in [3.63, 3.8) is 0 Å². The molecule has 7 heteroatoms. The molecule has 0 radical (unpaired) electrons. The number of hydrogen-bond donors (Lipinski definition) is 1. The molecule has 0 spiro atoms. The van der Waals surface area contributed by atoms with Gasteiger partial charge in [-0.3, -0.25) is 9.69 Å². The molecule has 5 nitrogen and oxygen atoms in total. The quantitative estimate of drug-likeness (QED) is 0.360. The number of halogens is 2. The lowest BCUT2D eigenvalue weighted by atomic mass is 9.73. The Labute approximate surface area is 210 Å². The van der Waals surface area contributed by atoms with E-state index in [9.17, 15) is 9.90 Å². The first kappa shape index (κ1) is 24.7. The van der Waals surface area contributed by atoms with Crippen LogP contribution in [0.4, 0.5) is 0 Å². The lowest BCUT2D eigenvalue weighted by Gasteiger charge is -2.50. The maximum Gasteiger partial charge on any atom is 0.211 e. The third-order valence-electron chi connectivity index (χ3n) is 7.22. The number of ketones is 1. The monoisotopic (exact) mass is 498 g/mol. The number of carbonyl (C=O) groups is 1. The molecule has 178 valence electrons. The number of hydrogen-bond acceptors (Lipinski definition) is 5. The fourth-order valence-electron chi connectivity index (χ4n) is 5.38. The first-order valence-electron chi connectivity index (χ1n) is 11.3. The predicted octanol–water partition coefficient (Wildman–Crippen LogP) is 5.48. The minimum Gasteiger partial charge on any atom is -0.497 e. The summed E-state index contributed by atoms with van der Waals surface area (Å²) in [6.07, 6.45) is 3.35. The van der Waals surface area contributed by atoms with Gasteiger partial charge in [0, 0.05) is 28.6 Å². The Morgan fingerprint density at radius 2 is 2.03 bits per heavy atom. The van der Waals surface area contributed by atoms with Crippen molar-refractivity contribution in [2.75, 3.05) is 20.2 Å². The molecule has 3 fully saturated rings. The molecule has 34 heavy (non-hydrogen) atoms. The summed E-state index contributed by atoms with van der Waals surface area (Å²) in [6.45, 7) is 5.89. The normalized spacial score (nSPS) is 24.3. The average Bonchev–Trinajstić information content (AvgIpc) is 2.87. The molecule has 1 N–H and O–H groups in total. The van der Waals surface area contributed by atoms with E-state index in [1.807, 2.05) is 18.2 Å². The lowest BCUT2D eigenvalue weighted by molar-refractivity contribution is -0.0445. The smallest absolute Gasteiger partial charge is 0.211 e. The Bertz CT molecular complexity index is 1210. The van der Waals surface area contributed by atoms with E-state index >= 15 is 0 Å². The second kappa shape index (κ2) is 10.0. The van der Waals surface area contributed by atoms with Gasteiger partial charge in [0.15, 0.2) is 0 Å². The second-order valence-corrected chi connectivity index (χ2v) is 9.44. The lowest BCUT2D eigenvalue weighted by Crippen LogP contribution is -2.54. The van der Waals surface area contributed by atoms with Gasteiger partial charge in [-0.25, -0.2) is 4.98 Å². The third kappa shape index (κ3) is 4.46. The molecule has 2 aromatic carbocycles. The van der Waals surface area contributed by atoms with Crippen molar-refractivity contribution in [2.24, 2.45) is 11.8 Å². The summed E-state index contributed by atoms with van der Waals surface area (Å²) in [4.78, 5) is 20.3.